The lowest BCUT2D eigenvalue weighted by Crippen LogP contribution is -2.26. The molecule has 0 aliphatic heterocycles. The molecule has 1 heterocycles. The van der Waals surface area contributed by atoms with E-state index in [0.29, 0.717) is 42.0 Å². The quantitative estimate of drug-likeness (QED) is 0.414. The maximum atomic E-state index is 12.3. The number of hydrogen-bond donors (Lipinski definition) is 0. The SMILES string of the molecule is CCOc1ccccc1OCCCC(=O)OCn1nnc2ccccc2c1=O. The Kier molecular flexibility index (Phi) is 6.56. The summed E-state index contributed by atoms with van der Waals surface area (Å²) in [6.45, 7) is 2.51. The third-order valence-electron chi connectivity index (χ3n) is 3.91. The normalized spacial score (nSPS) is 10.6. The molecular weight excluding hydrogens is 362 g/mol. The Balaban J connectivity index is 1.45. The number of rotatable bonds is 9. The van der Waals surface area contributed by atoms with Crippen LogP contribution in [-0.4, -0.2) is 34.2 Å². The van der Waals surface area contributed by atoms with Gasteiger partial charge in [-0.25, -0.2) is 0 Å². The maximum absolute atomic E-state index is 12.3. The highest BCUT2D eigenvalue weighted by Crippen LogP contribution is 2.26. The molecule has 0 N–H and O–H groups in total. The van der Waals surface area contributed by atoms with E-state index in [1.807, 2.05) is 31.2 Å². The first-order valence-corrected chi connectivity index (χ1v) is 9.02. The van der Waals surface area contributed by atoms with Crippen molar-refractivity contribution in [3.05, 3.63) is 58.9 Å². The van der Waals surface area contributed by atoms with Crippen LogP contribution in [0.25, 0.3) is 10.9 Å². The van der Waals surface area contributed by atoms with Crippen LogP contribution in [0.15, 0.2) is 53.3 Å². The molecule has 0 fully saturated rings. The molecule has 0 atom stereocenters. The van der Waals surface area contributed by atoms with E-state index >= 15 is 0 Å². The van der Waals surface area contributed by atoms with E-state index in [0.717, 1.165) is 4.68 Å². The van der Waals surface area contributed by atoms with Crippen LogP contribution in [0.5, 0.6) is 11.5 Å². The van der Waals surface area contributed by atoms with Gasteiger partial charge in [0.15, 0.2) is 18.2 Å². The van der Waals surface area contributed by atoms with Crippen LogP contribution in [0.1, 0.15) is 19.8 Å². The minimum atomic E-state index is -0.441. The van der Waals surface area contributed by atoms with Gasteiger partial charge in [0.2, 0.25) is 0 Å². The van der Waals surface area contributed by atoms with Crippen molar-refractivity contribution in [3.63, 3.8) is 0 Å². The minimum absolute atomic E-state index is 0.159. The van der Waals surface area contributed by atoms with Gasteiger partial charge >= 0.3 is 5.97 Å². The summed E-state index contributed by atoms with van der Waals surface area (Å²) < 4.78 is 17.3. The van der Waals surface area contributed by atoms with Crippen molar-refractivity contribution < 1.29 is 19.0 Å². The second-order valence-corrected chi connectivity index (χ2v) is 5.89. The smallest absolute Gasteiger partial charge is 0.307 e. The van der Waals surface area contributed by atoms with E-state index in [1.54, 1.807) is 24.3 Å². The van der Waals surface area contributed by atoms with Crippen molar-refractivity contribution in [2.24, 2.45) is 0 Å². The first kappa shape index (κ1) is 19.3. The molecule has 0 radical (unpaired) electrons. The largest absolute Gasteiger partial charge is 0.490 e. The number of carbonyl (C=O) groups is 1. The number of nitrogens with zero attached hydrogens (tertiary/aromatic N) is 3. The summed E-state index contributed by atoms with van der Waals surface area (Å²) in [6, 6.07) is 14.2. The Labute approximate surface area is 161 Å². The molecule has 0 aliphatic carbocycles. The highest BCUT2D eigenvalue weighted by molar-refractivity contribution is 5.76. The van der Waals surface area contributed by atoms with Crippen LogP contribution < -0.4 is 15.0 Å². The highest BCUT2D eigenvalue weighted by atomic mass is 16.5. The number of carbonyl (C=O) groups excluding carboxylic acids is 1. The molecule has 2 aromatic carbocycles. The van der Waals surface area contributed by atoms with Crippen LogP contribution >= 0.6 is 0 Å². The zero-order chi connectivity index (χ0) is 19.8. The third kappa shape index (κ3) is 4.85. The second-order valence-electron chi connectivity index (χ2n) is 5.89. The summed E-state index contributed by atoms with van der Waals surface area (Å²) in [5, 5.41) is 8.15. The van der Waals surface area contributed by atoms with Crippen LogP contribution in [0.2, 0.25) is 0 Å². The Bertz CT molecular complexity index is 1000. The number of hydrogen-bond acceptors (Lipinski definition) is 7. The number of fused-ring (bicyclic) bond motifs is 1. The van der Waals surface area contributed by atoms with Crippen LogP contribution in [0.3, 0.4) is 0 Å². The first-order valence-electron chi connectivity index (χ1n) is 9.02. The molecule has 0 bridgehead atoms. The summed E-state index contributed by atoms with van der Waals surface area (Å²) in [4.78, 5) is 24.2. The first-order chi connectivity index (χ1) is 13.7. The molecule has 0 saturated heterocycles. The average Bonchev–Trinajstić information content (AvgIpc) is 2.72. The molecule has 0 saturated carbocycles. The molecule has 3 rings (SSSR count). The lowest BCUT2D eigenvalue weighted by molar-refractivity contribution is -0.148. The van der Waals surface area contributed by atoms with Gasteiger partial charge in [-0.15, -0.1) is 5.10 Å². The van der Waals surface area contributed by atoms with Gasteiger partial charge in [0.1, 0.15) is 5.52 Å². The summed E-state index contributed by atoms with van der Waals surface area (Å²) >= 11 is 0. The molecular formula is C20H21N3O5. The maximum Gasteiger partial charge on any atom is 0.307 e. The van der Waals surface area contributed by atoms with E-state index in [-0.39, 0.29) is 18.7 Å². The lowest BCUT2D eigenvalue weighted by atomic mass is 10.2. The lowest BCUT2D eigenvalue weighted by Gasteiger charge is -2.11. The molecule has 8 heteroatoms. The van der Waals surface area contributed by atoms with E-state index < -0.39 is 5.97 Å². The number of esters is 1. The van der Waals surface area contributed by atoms with Crippen molar-refractivity contribution in [2.75, 3.05) is 13.2 Å². The van der Waals surface area contributed by atoms with E-state index in [9.17, 15) is 9.59 Å². The fourth-order valence-electron chi connectivity index (χ4n) is 2.56. The summed E-state index contributed by atoms with van der Waals surface area (Å²) in [5.74, 6) is 0.862. The van der Waals surface area contributed by atoms with Gasteiger partial charge in [-0.2, -0.15) is 4.68 Å². The van der Waals surface area contributed by atoms with E-state index in [4.69, 9.17) is 14.2 Å². The minimum Gasteiger partial charge on any atom is -0.490 e. The predicted octanol–water partition coefficient (Wildman–Crippen LogP) is 2.55. The Morgan fingerprint density at radius 3 is 2.54 bits per heavy atom. The Morgan fingerprint density at radius 2 is 1.75 bits per heavy atom. The third-order valence-corrected chi connectivity index (χ3v) is 3.91. The van der Waals surface area contributed by atoms with Crippen molar-refractivity contribution in [1.29, 1.82) is 0 Å². The average molecular weight is 383 g/mol. The Morgan fingerprint density at radius 1 is 1.04 bits per heavy atom. The van der Waals surface area contributed by atoms with Crippen LogP contribution in [0, 0.1) is 0 Å². The fraction of sp³-hybridized carbons (Fsp3) is 0.300. The summed E-state index contributed by atoms with van der Waals surface area (Å²) in [5.41, 5.74) is 0.147. The van der Waals surface area contributed by atoms with Gasteiger partial charge in [0.25, 0.3) is 5.56 Å². The van der Waals surface area contributed by atoms with E-state index in [1.165, 1.54) is 0 Å². The standard InChI is InChI=1S/C20H21N3O5/c1-2-26-17-10-5-6-11-18(17)27-13-7-12-19(24)28-14-23-20(25)15-8-3-4-9-16(15)21-22-23/h3-6,8-11H,2,7,12-14H2,1H3. The predicted molar refractivity (Wildman–Crippen MR) is 102 cm³/mol. The topological polar surface area (TPSA) is 92.5 Å². The zero-order valence-corrected chi connectivity index (χ0v) is 15.5. The fourth-order valence-corrected chi connectivity index (χ4v) is 2.56. The monoisotopic (exact) mass is 383 g/mol. The Hall–Kier alpha value is -3.42. The van der Waals surface area contributed by atoms with Gasteiger partial charge < -0.3 is 14.2 Å². The number of benzene rings is 2. The zero-order valence-electron chi connectivity index (χ0n) is 15.5. The molecule has 0 amide bonds. The molecule has 0 aliphatic rings. The number of aromatic nitrogens is 3. The number of ether oxygens (including phenoxy) is 3. The molecule has 1 aromatic heterocycles. The summed E-state index contributed by atoms with van der Waals surface area (Å²) in [6.07, 6.45) is 0.629. The van der Waals surface area contributed by atoms with Gasteiger partial charge in [-0.05, 0) is 37.6 Å². The molecule has 3 aromatic rings. The van der Waals surface area contributed by atoms with Gasteiger partial charge in [-0.1, -0.05) is 29.5 Å². The molecule has 0 unspecified atom stereocenters. The van der Waals surface area contributed by atoms with Crippen LogP contribution in [-0.2, 0) is 16.3 Å². The van der Waals surface area contributed by atoms with Crippen molar-refractivity contribution in [2.45, 2.75) is 26.5 Å². The van der Waals surface area contributed by atoms with Gasteiger partial charge in [0.05, 0.1) is 18.6 Å². The molecule has 0 spiro atoms. The van der Waals surface area contributed by atoms with Gasteiger partial charge in [0, 0.05) is 6.42 Å². The highest BCUT2D eigenvalue weighted by Gasteiger charge is 2.09. The summed E-state index contributed by atoms with van der Waals surface area (Å²) in [7, 11) is 0. The molecule has 8 nitrogen and oxygen atoms in total. The second kappa shape index (κ2) is 9.50. The van der Waals surface area contributed by atoms with Crippen molar-refractivity contribution in [1.82, 2.24) is 15.0 Å². The van der Waals surface area contributed by atoms with E-state index in [2.05, 4.69) is 10.3 Å². The van der Waals surface area contributed by atoms with Crippen LogP contribution in [0.4, 0.5) is 0 Å². The van der Waals surface area contributed by atoms with Crippen molar-refractivity contribution >= 4 is 16.9 Å². The van der Waals surface area contributed by atoms with Gasteiger partial charge in [-0.3, -0.25) is 9.59 Å². The molecule has 146 valence electrons. The number of para-hydroxylation sites is 2. The molecule has 28 heavy (non-hydrogen) atoms. The van der Waals surface area contributed by atoms with Crippen molar-refractivity contribution in [3.8, 4) is 11.5 Å².